The lowest BCUT2D eigenvalue weighted by Gasteiger charge is -1.97. The van der Waals surface area contributed by atoms with Crippen molar-refractivity contribution in [3.8, 4) is 11.3 Å². The Labute approximate surface area is 155 Å². The van der Waals surface area contributed by atoms with Crippen molar-refractivity contribution >= 4 is 38.9 Å². The fourth-order valence-corrected chi connectivity index (χ4v) is 3.98. The van der Waals surface area contributed by atoms with Crippen LogP contribution in [0.5, 0.6) is 0 Å². The summed E-state index contributed by atoms with van der Waals surface area (Å²) in [5.41, 5.74) is 3.14. The Hall–Kier alpha value is -3.32. The first-order valence-corrected chi connectivity index (χ1v) is 9.02. The summed E-state index contributed by atoms with van der Waals surface area (Å²) in [6.45, 7) is 0. The number of carbonyl (C=O) groups excluding carboxylic acids is 1. The van der Waals surface area contributed by atoms with Gasteiger partial charge < -0.3 is 9.97 Å². The highest BCUT2D eigenvalue weighted by Gasteiger charge is 2.19. The van der Waals surface area contributed by atoms with Crippen LogP contribution in [0.1, 0.15) is 15.4 Å². The van der Waals surface area contributed by atoms with Gasteiger partial charge in [0.2, 0.25) is 5.78 Å². The van der Waals surface area contributed by atoms with Gasteiger partial charge in [-0.2, -0.15) is 0 Å². The molecule has 5 aromatic rings. The first-order chi connectivity index (χ1) is 13.1. The smallest absolute Gasteiger partial charge is 0.223 e. The van der Waals surface area contributed by atoms with Gasteiger partial charge in [0.15, 0.2) is 5.01 Å². The molecule has 0 aliphatic heterocycles. The molecule has 0 radical (unpaired) electrons. The van der Waals surface area contributed by atoms with Gasteiger partial charge in [0.05, 0.1) is 11.3 Å². The van der Waals surface area contributed by atoms with Gasteiger partial charge in [-0.3, -0.25) is 4.79 Å². The van der Waals surface area contributed by atoms with Crippen LogP contribution in [0.25, 0.3) is 33.1 Å². The van der Waals surface area contributed by atoms with E-state index in [2.05, 4.69) is 15.0 Å². The topological polar surface area (TPSA) is 61.5 Å². The zero-order valence-corrected chi connectivity index (χ0v) is 14.5. The summed E-state index contributed by atoms with van der Waals surface area (Å²) >= 11 is 1.24. The number of carbonyl (C=O) groups is 1. The molecule has 0 saturated carbocycles. The summed E-state index contributed by atoms with van der Waals surface area (Å²) < 4.78 is 26.7. The van der Waals surface area contributed by atoms with Gasteiger partial charge in [0.25, 0.3) is 0 Å². The molecule has 5 rings (SSSR count). The van der Waals surface area contributed by atoms with E-state index in [0.29, 0.717) is 32.7 Å². The highest BCUT2D eigenvalue weighted by molar-refractivity contribution is 7.12. The van der Waals surface area contributed by atoms with Gasteiger partial charge in [0, 0.05) is 45.1 Å². The van der Waals surface area contributed by atoms with E-state index < -0.39 is 0 Å². The second kappa shape index (κ2) is 5.85. The van der Waals surface area contributed by atoms with Crippen molar-refractivity contribution < 1.29 is 13.6 Å². The van der Waals surface area contributed by atoms with Crippen molar-refractivity contribution in [3.05, 3.63) is 76.4 Å². The van der Waals surface area contributed by atoms with Crippen LogP contribution >= 0.6 is 11.3 Å². The van der Waals surface area contributed by atoms with Crippen LogP contribution in [-0.4, -0.2) is 20.7 Å². The quantitative estimate of drug-likeness (QED) is 0.419. The predicted octanol–water partition coefficient (Wildman–Crippen LogP) is 5.28. The van der Waals surface area contributed by atoms with Crippen LogP contribution in [0.2, 0.25) is 0 Å². The van der Waals surface area contributed by atoms with Crippen LogP contribution in [0.15, 0.2) is 54.2 Å². The standard InChI is InChI=1S/C20H11F2N3OS/c21-10-1-3-12-14(7-23-16(12)5-10)18-9-27-20(25-18)19(26)15-8-24-17-6-11(22)2-4-13(15)17/h1-9,23-24H. The Bertz CT molecular complexity index is 1330. The van der Waals surface area contributed by atoms with Crippen LogP contribution in [0.4, 0.5) is 8.78 Å². The second-order valence-corrected chi connectivity index (χ2v) is 7.01. The summed E-state index contributed by atoms with van der Waals surface area (Å²) in [4.78, 5) is 23.3. The van der Waals surface area contributed by atoms with E-state index in [1.54, 1.807) is 29.9 Å². The van der Waals surface area contributed by atoms with Gasteiger partial charge in [-0.25, -0.2) is 13.8 Å². The lowest BCUT2D eigenvalue weighted by molar-refractivity contribution is 0.104. The van der Waals surface area contributed by atoms with Crippen LogP contribution in [0, 0.1) is 11.6 Å². The molecule has 2 N–H and O–H groups in total. The minimum atomic E-state index is -0.365. The molecule has 0 saturated heterocycles. The molecule has 4 nitrogen and oxygen atoms in total. The number of aromatic nitrogens is 3. The van der Waals surface area contributed by atoms with Crippen LogP contribution in [-0.2, 0) is 0 Å². The Balaban J connectivity index is 1.55. The third-order valence-corrected chi connectivity index (χ3v) is 5.35. The van der Waals surface area contributed by atoms with Crippen molar-refractivity contribution in [2.75, 3.05) is 0 Å². The highest BCUT2D eigenvalue weighted by Crippen LogP contribution is 2.31. The maximum Gasteiger partial charge on any atom is 0.223 e. The third kappa shape index (κ3) is 2.55. The number of thiazole rings is 1. The maximum absolute atomic E-state index is 13.4. The molecule has 0 aliphatic rings. The number of aromatic amines is 2. The fraction of sp³-hybridized carbons (Fsp3) is 0. The number of H-pyrrole nitrogens is 2. The molecule has 3 heterocycles. The van der Waals surface area contributed by atoms with Crippen molar-refractivity contribution in [2.24, 2.45) is 0 Å². The number of nitrogens with one attached hydrogen (secondary N) is 2. The van der Waals surface area contributed by atoms with E-state index >= 15 is 0 Å². The zero-order valence-electron chi connectivity index (χ0n) is 13.7. The van der Waals surface area contributed by atoms with E-state index in [1.807, 2.05) is 0 Å². The number of benzene rings is 2. The monoisotopic (exact) mass is 379 g/mol. The molecule has 7 heteroatoms. The molecule has 0 atom stereocenters. The van der Waals surface area contributed by atoms with Crippen molar-refractivity contribution in [1.29, 1.82) is 0 Å². The molecule has 0 unspecified atom stereocenters. The van der Waals surface area contributed by atoms with Crippen molar-refractivity contribution in [3.63, 3.8) is 0 Å². The van der Waals surface area contributed by atoms with E-state index in [1.165, 1.54) is 35.6 Å². The molecule has 0 aliphatic carbocycles. The largest absolute Gasteiger partial charge is 0.360 e. The first-order valence-electron chi connectivity index (χ1n) is 8.14. The predicted molar refractivity (Wildman–Crippen MR) is 101 cm³/mol. The molecule has 132 valence electrons. The number of hydrogen-bond acceptors (Lipinski definition) is 3. The van der Waals surface area contributed by atoms with E-state index in [4.69, 9.17) is 0 Å². The SMILES string of the molecule is O=C(c1nc(-c2c[nH]c3cc(F)ccc23)cs1)c1c[nH]c2cc(F)ccc12. The molecule has 2 aromatic carbocycles. The van der Waals surface area contributed by atoms with Gasteiger partial charge in [-0.1, -0.05) is 0 Å². The number of ketones is 1. The molecule has 0 fully saturated rings. The average Bonchev–Trinajstić information content (AvgIpc) is 3.37. The summed E-state index contributed by atoms with van der Waals surface area (Å²) in [7, 11) is 0. The average molecular weight is 379 g/mol. The van der Waals surface area contributed by atoms with Gasteiger partial charge in [0.1, 0.15) is 11.6 Å². The van der Waals surface area contributed by atoms with E-state index in [9.17, 15) is 13.6 Å². The van der Waals surface area contributed by atoms with E-state index in [-0.39, 0.29) is 17.4 Å². The van der Waals surface area contributed by atoms with Gasteiger partial charge >= 0.3 is 0 Å². The fourth-order valence-electron chi connectivity index (χ4n) is 3.21. The number of rotatable bonds is 3. The van der Waals surface area contributed by atoms with Gasteiger partial charge in [-0.15, -0.1) is 11.3 Å². The molecular weight excluding hydrogens is 368 g/mol. The zero-order chi connectivity index (χ0) is 18.5. The van der Waals surface area contributed by atoms with Crippen molar-refractivity contribution in [2.45, 2.75) is 0 Å². The minimum absolute atomic E-state index is 0.227. The Morgan fingerprint density at radius 2 is 1.59 bits per heavy atom. The maximum atomic E-state index is 13.4. The number of halogens is 2. The summed E-state index contributed by atoms with van der Waals surface area (Å²) in [6.07, 6.45) is 3.32. The van der Waals surface area contributed by atoms with Gasteiger partial charge in [-0.05, 0) is 36.4 Å². The number of hydrogen-bond donors (Lipinski definition) is 2. The Kier molecular flexibility index (Phi) is 3.45. The van der Waals surface area contributed by atoms with Crippen LogP contribution < -0.4 is 0 Å². The molecule has 0 spiro atoms. The normalized spacial score (nSPS) is 11.5. The lowest BCUT2D eigenvalue weighted by atomic mass is 10.1. The van der Waals surface area contributed by atoms with Crippen molar-refractivity contribution in [1.82, 2.24) is 15.0 Å². The second-order valence-electron chi connectivity index (χ2n) is 6.15. The highest BCUT2D eigenvalue weighted by atomic mass is 32.1. The molecular formula is C20H11F2N3OS. The van der Waals surface area contributed by atoms with Crippen LogP contribution in [0.3, 0.4) is 0 Å². The summed E-state index contributed by atoms with van der Waals surface area (Å²) in [5.74, 6) is -0.911. The summed E-state index contributed by atoms with van der Waals surface area (Å²) in [5, 5.41) is 3.63. The molecule has 0 amide bonds. The third-order valence-electron chi connectivity index (χ3n) is 4.51. The van der Waals surface area contributed by atoms with E-state index in [0.717, 1.165) is 10.9 Å². The number of fused-ring (bicyclic) bond motifs is 2. The summed E-state index contributed by atoms with van der Waals surface area (Å²) in [6, 6.07) is 8.75. The minimum Gasteiger partial charge on any atom is -0.360 e. The molecule has 27 heavy (non-hydrogen) atoms. The Morgan fingerprint density at radius 3 is 2.37 bits per heavy atom. The molecule has 3 aromatic heterocycles. The first kappa shape index (κ1) is 15.9. The molecule has 0 bridgehead atoms. The lowest BCUT2D eigenvalue weighted by Crippen LogP contribution is -1.99. The Morgan fingerprint density at radius 1 is 0.926 bits per heavy atom. The number of nitrogens with zero attached hydrogens (tertiary/aromatic N) is 1.